The Morgan fingerprint density at radius 2 is 1.55 bits per heavy atom. The van der Waals surface area contributed by atoms with Crippen molar-refractivity contribution < 1.29 is 10.2 Å². The summed E-state index contributed by atoms with van der Waals surface area (Å²) in [6, 6.07) is 16.2. The minimum Gasteiger partial charge on any atom is -0.365 e. The van der Waals surface area contributed by atoms with Gasteiger partial charge in [0.25, 0.3) is 0 Å². The summed E-state index contributed by atoms with van der Waals surface area (Å²) >= 11 is 0. The van der Waals surface area contributed by atoms with E-state index in [1.807, 2.05) is 50.2 Å². The van der Waals surface area contributed by atoms with Crippen LogP contribution in [0.25, 0.3) is 11.1 Å². The van der Waals surface area contributed by atoms with Crippen LogP contribution >= 0.6 is 0 Å². The van der Waals surface area contributed by atoms with Gasteiger partial charge >= 0.3 is 0 Å². The Morgan fingerprint density at radius 1 is 0.950 bits per heavy atom. The molecule has 2 heteroatoms. The lowest BCUT2D eigenvalue weighted by Crippen LogP contribution is -2.36. The van der Waals surface area contributed by atoms with E-state index >= 15 is 0 Å². The van der Waals surface area contributed by atoms with Crippen molar-refractivity contribution in [3.05, 3.63) is 59.7 Å². The fourth-order valence-electron chi connectivity index (χ4n) is 2.20. The highest BCUT2D eigenvalue weighted by Crippen LogP contribution is 2.25. The first-order valence-electron chi connectivity index (χ1n) is 7.00. The number of aryl methyl sites for hydroxylation is 1. The molecule has 0 fully saturated rings. The standard InChI is InChI=1S/C18H22O2/c1-13(2)18(19,20)12-15-8-10-16(11-9-15)17-7-5-4-6-14(17)3/h4-11,13,19-20H,12H2,1-3H3. The van der Waals surface area contributed by atoms with Gasteiger partial charge in [-0.15, -0.1) is 0 Å². The van der Waals surface area contributed by atoms with Crippen molar-refractivity contribution in [2.45, 2.75) is 33.0 Å². The first kappa shape index (κ1) is 14.8. The van der Waals surface area contributed by atoms with Gasteiger partial charge in [-0.3, -0.25) is 0 Å². The Labute approximate surface area is 120 Å². The molecule has 2 aromatic rings. The van der Waals surface area contributed by atoms with Gasteiger partial charge in [0.05, 0.1) is 0 Å². The molecule has 2 N–H and O–H groups in total. The first-order chi connectivity index (χ1) is 9.40. The second-order valence-electron chi connectivity index (χ2n) is 5.72. The summed E-state index contributed by atoms with van der Waals surface area (Å²) in [6.07, 6.45) is 0.249. The van der Waals surface area contributed by atoms with Crippen LogP contribution in [0.2, 0.25) is 0 Å². The second-order valence-corrected chi connectivity index (χ2v) is 5.72. The molecule has 0 bridgehead atoms. The number of benzene rings is 2. The van der Waals surface area contributed by atoms with Crippen LogP contribution in [0.1, 0.15) is 25.0 Å². The molecule has 0 aliphatic carbocycles. The lowest BCUT2D eigenvalue weighted by Gasteiger charge is -2.26. The van der Waals surface area contributed by atoms with Gasteiger partial charge < -0.3 is 10.2 Å². The minimum atomic E-state index is -1.65. The Kier molecular flexibility index (Phi) is 4.26. The van der Waals surface area contributed by atoms with Crippen LogP contribution < -0.4 is 0 Å². The molecule has 0 saturated carbocycles. The van der Waals surface area contributed by atoms with Crippen molar-refractivity contribution in [3.63, 3.8) is 0 Å². The molecular weight excluding hydrogens is 248 g/mol. The third kappa shape index (κ3) is 3.27. The van der Waals surface area contributed by atoms with Crippen molar-refractivity contribution in [2.24, 2.45) is 5.92 Å². The number of aliphatic hydroxyl groups is 2. The molecule has 2 aromatic carbocycles. The molecule has 2 nitrogen and oxygen atoms in total. The van der Waals surface area contributed by atoms with Gasteiger partial charge in [0.15, 0.2) is 5.79 Å². The molecule has 0 amide bonds. The van der Waals surface area contributed by atoms with Gasteiger partial charge in [0, 0.05) is 12.3 Å². The Bertz CT molecular complexity index is 568. The van der Waals surface area contributed by atoms with Crippen LogP contribution in [0, 0.1) is 12.8 Å². The smallest absolute Gasteiger partial charge is 0.168 e. The van der Waals surface area contributed by atoms with Crippen LogP contribution in [0.3, 0.4) is 0 Å². The normalized spacial score (nSPS) is 11.9. The first-order valence-corrected chi connectivity index (χ1v) is 7.00. The second kappa shape index (κ2) is 5.78. The monoisotopic (exact) mass is 270 g/mol. The Balaban J connectivity index is 2.21. The van der Waals surface area contributed by atoms with Crippen molar-refractivity contribution in [1.29, 1.82) is 0 Å². The number of rotatable bonds is 4. The molecule has 0 radical (unpaired) electrons. The quantitative estimate of drug-likeness (QED) is 0.834. The summed E-state index contributed by atoms with van der Waals surface area (Å²) in [5.41, 5.74) is 4.53. The SMILES string of the molecule is Cc1ccccc1-c1ccc(CC(O)(O)C(C)C)cc1. The van der Waals surface area contributed by atoms with Gasteiger partial charge in [0.1, 0.15) is 0 Å². The number of hydrogen-bond acceptors (Lipinski definition) is 2. The van der Waals surface area contributed by atoms with Crippen LogP contribution in [0.15, 0.2) is 48.5 Å². The van der Waals surface area contributed by atoms with Crippen LogP contribution in [-0.4, -0.2) is 16.0 Å². The Hall–Kier alpha value is -1.64. The zero-order valence-corrected chi connectivity index (χ0v) is 12.3. The maximum atomic E-state index is 9.93. The summed E-state index contributed by atoms with van der Waals surface area (Å²) in [5, 5.41) is 19.9. The van der Waals surface area contributed by atoms with Crippen LogP contribution in [0.4, 0.5) is 0 Å². The van der Waals surface area contributed by atoms with Crippen molar-refractivity contribution >= 4 is 0 Å². The van der Waals surface area contributed by atoms with E-state index in [0.29, 0.717) is 0 Å². The van der Waals surface area contributed by atoms with Gasteiger partial charge in [-0.2, -0.15) is 0 Å². The predicted octanol–water partition coefficient (Wildman–Crippen LogP) is 3.54. The fraction of sp³-hybridized carbons (Fsp3) is 0.333. The summed E-state index contributed by atoms with van der Waals surface area (Å²) in [5.74, 6) is -1.84. The maximum Gasteiger partial charge on any atom is 0.168 e. The average Bonchev–Trinajstić information content (AvgIpc) is 2.40. The molecule has 2 rings (SSSR count). The largest absolute Gasteiger partial charge is 0.365 e. The average molecular weight is 270 g/mol. The van der Waals surface area contributed by atoms with Gasteiger partial charge in [0.2, 0.25) is 0 Å². The summed E-state index contributed by atoms with van der Waals surface area (Å²) in [7, 11) is 0. The van der Waals surface area contributed by atoms with E-state index in [-0.39, 0.29) is 12.3 Å². The van der Waals surface area contributed by atoms with E-state index in [0.717, 1.165) is 11.1 Å². The molecule has 0 aromatic heterocycles. The molecule has 106 valence electrons. The highest BCUT2D eigenvalue weighted by molar-refractivity contribution is 5.67. The molecule has 0 aliphatic heterocycles. The van der Waals surface area contributed by atoms with E-state index in [4.69, 9.17) is 0 Å². The molecule has 0 atom stereocenters. The third-order valence-corrected chi connectivity index (χ3v) is 3.80. The predicted molar refractivity (Wildman–Crippen MR) is 82.3 cm³/mol. The van der Waals surface area contributed by atoms with E-state index in [9.17, 15) is 10.2 Å². The summed E-state index contributed by atoms with van der Waals surface area (Å²) in [6.45, 7) is 5.71. The van der Waals surface area contributed by atoms with Crippen molar-refractivity contribution in [3.8, 4) is 11.1 Å². The van der Waals surface area contributed by atoms with Crippen LogP contribution in [0.5, 0.6) is 0 Å². The third-order valence-electron chi connectivity index (χ3n) is 3.80. The molecule has 0 aliphatic rings. The topological polar surface area (TPSA) is 40.5 Å². The molecule has 0 spiro atoms. The lowest BCUT2D eigenvalue weighted by molar-refractivity contribution is -0.190. The molecule has 0 unspecified atom stereocenters. The van der Waals surface area contributed by atoms with Crippen molar-refractivity contribution in [1.82, 2.24) is 0 Å². The maximum absolute atomic E-state index is 9.93. The highest BCUT2D eigenvalue weighted by Gasteiger charge is 2.27. The highest BCUT2D eigenvalue weighted by atomic mass is 16.5. The zero-order chi connectivity index (χ0) is 14.8. The molecule has 0 saturated heterocycles. The minimum absolute atomic E-state index is 0.196. The fourth-order valence-corrected chi connectivity index (χ4v) is 2.20. The number of hydrogen-bond donors (Lipinski definition) is 2. The van der Waals surface area contributed by atoms with E-state index in [2.05, 4.69) is 19.1 Å². The van der Waals surface area contributed by atoms with E-state index < -0.39 is 5.79 Å². The van der Waals surface area contributed by atoms with Crippen LogP contribution in [-0.2, 0) is 6.42 Å². The molecule has 0 heterocycles. The van der Waals surface area contributed by atoms with Gasteiger partial charge in [-0.1, -0.05) is 62.4 Å². The van der Waals surface area contributed by atoms with E-state index in [1.54, 1.807) is 0 Å². The summed E-state index contributed by atoms with van der Waals surface area (Å²) < 4.78 is 0. The Morgan fingerprint density at radius 3 is 2.10 bits per heavy atom. The summed E-state index contributed by atoms with van der Waals surface area (Å²) in [4.78, 5) is 0. The zero-order valence-electron chi connectivity index (χ0n) is 12.3. The van der Waals surface area contributed by atoms with E-state index in [1.165, 1.54) is 11.1 Å². The molecular formula is C18H22O2. The molecule has 20 heavy (non-hydrogen) atoms. The van der Waals surface area contributed by atoms with Gasteiger partial charge in [-0.25, -0.2) is 0 Å². The lowest BCUT2D eigenvalue weighted by atomic mass is 9.93. The van der Waals surface area contributed by atoms with Gasteiger partial charge in [-0.05, 0) is 29.2 Å². The van der Waals surface area contributed by atoms with Crippen molar-refractivity contribution in [2.75, 3.05) is 0 Å².